The number of nitrogens with zero attached hydrogens (tertiary/aromatic N) is 1. The Morgan fingerprint density at radius 3 is 3.00 bits per heavy atom. The first-order chi connectivity index (χ1) is 8.16. The quantitative estimate of drug-likeness (QED) is 0.839. The Bertz CT molecular complexity index is 388. The molecule has 0 spiro atoms. The number of thiophene rings is 1. The van der Waals surface area contributed by atoms with Gasteiger partial charge in [0.1, 0.15) is 0 Å². The largest absolute Gasteiger partial charge is 0.340 e. The van der Waals surface area contributed by atoms with Gasteiger partial charge in [0.2, 0.25) is 5.91 Å². The third kappa shape index (κ3) is 3.73. The van der Waals surface area contributed by atoms with Crippen LogP contribution in [-0.4, -0.2) is 28.9 Å². The molecule has 5 heteroatoms. The first-order valence-electron chi connectivity index (χ1n) is 5.76. The molecule has 1 aliphatic rings. The highest BCUT2D eigenvalue weighted by molar-refractivity contribution is 9.11. The van der Waals surface area contributed by atoms with Crippen LogP contribution in [0.2, 0.25) is 0 Å². The molecule has 1 aromatic heterocycles. The van der Waals surface area contributed by atoms with Crippen molar-refractivity contribution < 1.29 is 4.79 Å². The maximum Gasteiger partial charge on any atom is 0.235 e. The lowest BCUT2D eigenvalue weighted by molar-refractivity contribution is -0.130. The van der Waals surface area contributed by atoms with E-state index < -0.39 is 0 Å². The fourth-order valence-corrected chi connectivity index (χ4v) is 4.47. The molecule has 0 bridgehead atoms. The van der Waals surface area contributed by atoms with Crippen LogP contribution < -0.4 is 0 Å². The predicted molar refractivity (Wildman–Crippen MR) is 78.6 cm³/mol. The van der Waals surface area contributed by atoms with Crippen molar-refractivity contribution in [3.05, 3.63) is 20.8 Å². The predicted octanol–water partition coefficient (Wildman–Crippen LogP) is 3.75. The van der Waals surface area contributed by atoms with E-state index in [1.165, 1.54) is 18.4 Å². The molecule has 1 aromatic rings. The van der Waals surface area contributed by atoms with E-state index in [0.717, 1.165) is 22.5 Å². The van der Waals surface area contributed by atoms with Crippen LogP contribution in [0.1, 0.15) is 24.8 Å². The molecule has 1 aliphatic heterocycles. The van der Waals surface area contributed by atoms with E-state index in [9.17, 15) is 4.79 Å². The molecule has 1 atom stereocenters. The average molecular weight is 334 g/mol. The summed E-state index contributed by atoms with van der Waals surface area (Å²) < 4.78 is 1.13. The van der Waals surface area contributed by atoms with Crippen molar-refractivity contribution in [1.29, 1.82) is 0 Å². The summed E-state index contributed by atoms with van der Waals surface area (Å²) in [6.45, 7) is 0.720. The van der Waals surface area contributed by atoms with Crippen molar-refractivity contribution in [3.63, 3.8) is 0 Å². The first kappa shape index (κ1) is 13.4. The van der Waals surface area contributed by atoms with Crippen LogP contribution in [0.25, 0.3) is 0 Å². The van der Waals surface area contributed by atoms with Crippen LogP contribution >= 0.6 is 39.0 Å². The fourth-order valence-electron chi connectivity index (χ4n) is 1.96. The lowest BCUT2D eigenvalue weighted by Crippen LogP contribution is -2.35. The maximum absolute atomic E-state index is 12.2. The van der Waals surface area contributed by atoms with Gasteiger partial charge in [0, 0.05) is 13.6 Å². The highest BCUT2D eigenvalue weighted by atomic mass is 79.9. The molecular weight excluding hydrogens is 318 g/mol. The fraction of sp³-hybridized carbons (Fsp3) is 0.583. The zero-order chi connectivity index (χ0) is 12.3. The summed E-state index contributed by atoms with van der Waals surface area (Å²) in [4.78, 5) is 14.1. The van der Waals surface area contributed by atoms with Crippen molar-refractivity contribution in [2.75, 3.05) is 12.8 Å². The minimum absolute atomic E-state index is 0.191. The molecule has 1 unspecified atom stereocenters. The molecule has 94 valence electrons. The number of amides is 1. The third-order valence-electron chi connectivity index (χ3n) is 2.87. The van der Waals surface area contributed by atoms with Gasteiger partial charge < -0.3 is 4.90 Å². The Hall–Kier alpha value is -0.0000000000000000555. The second-order valence-corrected chi connectivity index (χ2v) is 7.91. The molecule has 1 fully saturated rings. The monoisotopic (exact) mass is 333 g/mol. The molecule has 1 saturated heterocycles. The highest BCUT2D eigenvalue weighted by Gasteiger charge is 2.24. The zero-order valence-electron chi connectivity index (χ0n) is 9.82. The lowest BCUT2D eigenvalue weighted by Gasteiger charge is -2.25. The molecule has 0 aliphatic carbocycles. The molecule has 2 nitrogen and oxygen atoms in total. The summed E-state index contributed by atoms with van der Waals surface area (Å²) in [5, 5.41) is 2.29. The summed E-state index contributed by atoms with van der Waals surface area (Å²) in [5.41, 5.74) is 1.21. The Morgan fingerprint density at radius 1 is 1.59 bits per heavy atom. The normalized spacial score (nSPS) is 20.2. The van der Waals surface area contributed by atoms with Crippen LogP contribution in [0.4, 0.5) is 0 Å². The summed E-state index contributed by atoms with van der Waals surface area (Å²) in [6, 6.07) is 2.09. The Kier molecular flexibility index (Phi) is 4.94. The number of carbonyl (C=O) groups is 1. The van der Waals surface area contributed by atoms with Gasteiger partial charge in [-0.25, -0.2) is 0 Å². The van der Waals surface area contributed by atoms with E-state index in [-0.39, 0.29) is 11.2 Å². The van der Waals surface area contributed by atoms with Gasteiger partial charge in [0.05, 0.1) is 9.04 Å². The van der Waals surface area contributed by atoms with E-state index in [1.54, 1.807) is 11.3 Å². The van der Waals surface area contributed by atoms with E-state index in [2.05, 4.69) is 27.4 Å². The van der Waals surface area contributed by atoms with Crippen LogP contribution in [0.15, 0.2) is 15.2 Å². The minimum Gasteiger partial charge on any atom is -0.340 e. The topological polar surface area (TPSA) is 20.3 Å². The van der Waals surface area contributed by atoms with Gasteiger partial charge in [-0.15, -0.1) is 23.1 Å². The van der Waals surface area contributed by atoms with E-state index in [4.69, 9.17) is 0 Å². The van der Waals surface area contributed by atoms with Gasteiger partial charge in [-0.05, 0) is 51.5 Å². The smallest absolute Gasteiger partial charge is 0.235 e. The van der Waals surface area contributed by atoms with Gasteiger partial charge in [-0.2, -0.15) is 0 Å². The SMILES string of the molecule is CN(Cc1csc(Br)c1)C(=O)C1CCCCS1. The molecule has 0 saturated carbocycles. The van der Waals surface area contributed by atoms with Crippen LogP contribution in [0.5, 0.6) is 0 Å². The average Bonchev–Trinajstić information content (AvgIpc) is 2.75. The number of thioether (sulfide) groups is 1. The molecule has 2 heterocycles. The van der Waals surface area contributed by atoms with E-state index in [1.807, 2.05) is 23.7 Å². The van der Waals surface area contributed by atoms with Gasteiger partial charge in [-0.3, -0.25) is 4.79 Å². The van der Waals surface area contributed by atoms with Crippen molar-refractivity contribution in [3.8, 4) is 0 Å². The molecule has 17 heavy (non-hydrogen) atoms. The van der Waals surface area contributed by atoms with Gasteiger partial charge in [0.25, 0.3) is 0 Å². The first-order valence-corrected chi connectivity index (χ1v) is 8.48. The second kappa shape index (κ2) is 6.25. The van der Waals surface area contributed by atoms with Crippen molar-refractivity contribution >= 4 is 44.9 Å². The number of rotatable bonds is 3. The third-order valence-corrected chi connectivity index (χ3v) is 5.79. The summed E-state index contributed by atoms with van der Waals surface area (Å²) in [6.07, 6.45) is 3.50. The van der Waals surface area contributed by atoms with Crippen LogP contribution in [0, 0.1) is 0 Å². The zero-order valence-corrected chi connectivity index (χ0v) is 13.0. The van der Waals surface area contributed by atoms with Gasteiger partial charge in [-0.1, -0.05) is 6.42 Å². The lowest BCUT2D eigenvalue weighted by atomic mass is 10.1. The Morgan fingerprint density at radius 2 is 2.41 bits per heavy atom. The standard InChI is InChI=1S/C12H16BrNOS2/c1-14(7-9-6-11(13)17-8-9)12(15)10-4-2-3-5-16-10/h6,8,10H,2-5,7H2,1H3. The summed E-state index contributed by atoms with van der Waals surface area (Å²) >= 11 is 6.93. The molecule has 0 radical (unpaired) electrons. The van der Waals surface area contributed by atoms with Gasteiger partial charge in [0.15, 0.2) is 0 Å². The highest BCUT2D eigenvalue weighted by Crippen LogP contribution is 2.27. The molecular formula is C12H16BrNOS2. The number of hydrogen-bond acceptors (Lipinski definition) is 3. The summed E-state index contributed by atoms with van der Waals surface area (Å²) in [5.74, 6) is 1.42. The molecule has 2 rings (SSSR count). The minimum atomic E-state index is 0.191. The number of hydrogen-bond donors (Lipinski definition) is 0. The van der Waals surface area contributed by atoms with Crippen molar-refractivity contribution in [2.24, 2.45) is 0 Å². The molecule has 0 aromatic carbocycles. The maximum atomic E-state index is 12.2. The van der Waals surface area contributed by atoms with Crippen molar-refractivity contribution in [2.45, 2.75) is 31.1 Å². The number of halogens is 1. The Balaban J connectivity index is 1.90. The summed E-state index contributed by atoms with van der Waals surface area (Å²) in [7, 11) is 1.91. The Labute approximate surface area is 119 Å². The second-order valence-electron chi connectivity index (χ2n) is 4.31. The van der Waals surface area contributed by atoms with Crippen LogP contribution in [-0.2, 0) is 11.3 Å². The number of carbonyl (C=O) groups excluding carboxylic acids is 1. The molecule has 0 N–H and O–H groups in total. The van der Waals surface area contributed by atoms with Crippen LogP contribution in [0.3, 0.4) is 0 Å². The van der Waals surface area contributed by atoms with Gasteiger partial charge >= 0.3 is 0 Å². The van der Waals surface area contributed by atoms with E-state index >= 15 is 0 Å². The van der Waals surface area contributed by atoms with Crippen molar-refractivity contribution in [1.82, 2.24) is 4.90 Å². The molecule has 1 amide bonds. The van der Waals surface area contributed by atoms with E-state index in [0.29, 0.717) is 0 Å².